The molecule has 0 bridgehead atoms. The van der Waals surface area contributed by atoms with Crippen LogP contribution in [0.5, 0.6) is 5.75 Å². The molecule has 0 spiro atoms. The van der Waals surface area contributed by atoms with Crippen molar-refractivity contribution in [1.29, 1.82) is 0 Å². The van der Waals surface area contributed by atoms with Crippen LogP contribution in [-0.4, -0.2) is 25.9 Å². The van der Waals surface area contributed by atoms with Crippen LogP contribution in [0.2, 0.25) is 0 Å². The Balaban J connectivity index is 2.45. The van der Waals surface area contributed by atoms with E-state index in [1.54, 1.807) is 0 Å². The molecule has 0 aliphatic heterocycles. The maximum absolute atomic E-state index is 5.58. The summed E-state index contributed by atoms with van der Waals surface area (Å²) in [6, 6.07) is 8.99. The standard InChI is InChI=1S/C16H27NO2/c1-5-11-19-16-9-7-15(8-10-16)14(4)17-13(3)12-18-6-2/h7-10,13-14,17H,5-6,11-12H2,1-4H3. The molecule has 0 radical (unpaired) electrons. The molecule has 2 atom stereocenters. The van der Waals surface area contributed by atoms with Crippen molar-refractivity contribution in [2.75, 3.05) is 19.8 Å². The van der Waals surface area contributed by atoms with Crippen LogP contribution in [0.15, 0.2) is 24.3 Å². The molecule has 0 fully saturated rings. The third-order valence-electron chi connectivity index (χ3n) is 2.96. The molecule has 108 valence electrons. The maximum Gasteiger partial charge on any atom is 0.119 e. The van der Waals surface area contributed by atoms with E-state index in [0.717, 1.165) is 32.0 Å². The number of hydrogen-bond donors (Lipinski definition) is 1. The SMILES string of the molecule is CCCOc1ccc(C(C)NC(C)COCC)cc1. The lowest BCUT2D eigenvalue weighted by Crippen LogP contribution is -2.32. The van der Waals surface area contributed by atoms with E-state index in [1.165, 1.54) is 5.56 Å². The van der Waals surface area contributed by atoms with Crippen molar-refractivity contribution in [1.82, 2.24) is 5.32 Å². The second kappa shape index (κ2) is 8.94. The Morgan fingerprint density at radius 3 is 2.37 bits per heavy atom. The fraction of sp³-hybridized carbons (Fsp3) is 0.625. The van der Waals surface area contributed by atoms with E-state index in [9.17, 15) is 0 Å². The van der Waals surface area contributed by atoms with E-state index in [1.807, 2.05) is 19.1 Å². The van der Waals surface area contributed by atoms with Crippen LogP contribution in [0.3, 0.4) is 0 Å². The van der Waals surface area contributed by atoms with Gasteiger partial charge in [-0.1, -0.05) is 19.1 Å². The molecule has 3 nitrogen and oxygen atoms in total. The summed E-state index contributed by atoms with van der Waals surface area (Å²) < 4.78 is 11.0. The average Bonchev–Trinajstić information content (AvgIpc) is 2.43. The zero-order valence-corrected chi connectivity index (χ0v) is 12.6. The predicted octanol–water partition coefficient (Wildman–Crippen LogP) is 3.55. The molecule has 1 aromatic carbocycles. The molecular formula is C16H27NO2. The van der Waals surface area contributed by atoms with Crippen LogP contribution in [0.1, 0.15) is 45.7 Å². The average molecular weight is 265 g/mol. The van der Waals surface area contributed by atoms with Gasteiger partial charge in [0.15, 0.2) is 0 Å². The van der Waals surface area contributed by atoms with Crippen LogP contribution in [0.4, 0.5) is 0 Å². The Morgan fingerprint density at radius 1 is 1.11 bits per heavy atom. The summed E-state index contributed by atoms with van der Waals surface area (Å²) in [4.78, 5) is 0. The van der Waals surface area contributed by atoms with E-state index < -0.39 is 0 Å². The molecule has 2 unspecified atom stereocenters. The quantitative estimate of drug-likeness (QED) is 0.740. The van der Waals surface area contributed by atoms with Crippen LogP contribution in [-0.2, 0) is 4.74 Å². The smallest absolute Gasteiger partial charge is 0.119 e. The summed E-state index contributed by atoms with van der Waals surface area (Å²) in [6.45, 7) is 10.7. The molecule has 0 aliphatic carbocycles. The summed E-state index contributed by atoms with van der Waals surface area (Å²) in [7, 11) is 0. The van der Waals surface area contributed by atoms with Crippen molar-refractivity contribution >= 4 is 0 Å². The van der Waals surface area contributed by atoms with Gasteiger partial charge in [0, 0.05) is 18.7 Å². The molecule has 1 rings (SSSR count). The fourth-order valence-corrected chi connectivity index (χ4v) is 1.94. The Hall–Kier alpha value is -1.06. The number of hydrogen-bond acceptors (Lipinski definition) is 3. The minimum Gasteiger partial charge on any atom is -0.494 e. The van der Waals surface area contributed by atoms with Crippen molar-refractivity contribution in [3.63, 3.8) is 0 Å². The van der Waals surface area contributed by atoms with Gasteiger partial charge in [0.2, 0.25) is 0 Å². The monoisotopic (exact) mass is 265 g/mol. The highest BCUT2D eigenvalue weighted by atomic mass is 16.5. The van der Waals surface area contributed by atoms with Gasteiger partial charge in [-0.2, -0.15) is 0 Å². The third-order valence-corrected chi connectivity index (χ3v) is 2.96. The van der Waals surface area contributed by atoms with Gasteiger partial charge in [0.05, 0.1) is 13.2 Å². The Bertz CT molecular complexity index is 337. The summed E-state index contributed by atoms with van der Waals surface area (Å²) in [6.07, 6.45) is 1.04. The van der Waals surface area contributed by atoms with Crippen molar-refractivity contribution in [3.8, 4) is 5.75 Å². The van der Waals surface area contributed by atoms with Crippen molar-refractivity contribution in [3.05, 3.63) is 29.8 Å². The highest BCUT2D eigenvalue weighted by Crippen LogP contribution is 2.18. The first-order chi connectivity index (χ1) is 9.17. The fourth-order valence-electron chi connectivity index (χ4n) is 1.94. The summed E-state index contributed by atoms with van der Waals surface area (Å²) >= 11 is 0. The Morgan fingerprint density at radius 2 is 1.79 bits per heavy atom. The minimum absolute atomic E-state index is 0.315. The Labute approximate surface area is 117 Å². The van der Waals surface area contributed by atoms with E-state index in [4.69, 9.17) is 9.47 Å². The first kappa shape index (κ1) is 16.0. The normalized spacial score (nSPS) is 14.1. The molecule has 0 saturated heterocycles. The molecule has 0 saturated carbocycles. The van der Waals surface area contributed by atoms with Gasteiger partial charge in [-0.3, -0.25) is 0 Å². The van der Waals surface area contributed by atoms with Crippen molar-refractivity contribution in [2.24, 2.45) is 0 Å². The van der Waals surface area contributed by atoms with Crippen LogP contribution in [0, 0.1) is 0 Å². The van der Waals surface area contributed by atoms with Crippen LogP contribution < -0.4 is 10.1 Å². The summed E-state index contributed by atoms with van der Waals surface area (Å²) in [5.74, 6) is 0.945. The van der Waals surface area contributed by atoms with Crippen molar-refractivity contribution in [2.45, 2.75) is 46.2 Å². The van der Waals surface area contributed by atoms with E-state index in [0.29, 0.717) is 12.1 Å². The molecular weight excluding hydrogens is 238 g/mol. The lowest BCUT2D eigenvalue weighted by atomic mass is 10.1. The van der Waals surface area contributed by atoms with E-state index in [-0.39, 0.29) is 0 Å². The van der Waals surface area contributed by atoms with Gasteiger partial charge < -0.3 is 14.8 Å². The lowest BCUT2D eigenvalue weighted by molar-refractivity contribution is 0.124. The molecule has 1 aromatic rings. The maximum atomic E-state index is 5.58. The van der Waals surface area contributed by atoms with Gasteiger partial charge in [-0.05, 0) is 44.9 Å². The van der Waals surface area contributed by atoms with E-state index in [2.05, 4.69) is 38.2 Å². The largest absolute Gasteiger partial charge is 0.494 e. The lowest BCUT2D eigenvalue weighted by Gasteiger charge is -2.20. The zero-order chi connectivity index (χ0) is 14.1. The highest BCUT2D eigenvalue weighted by Gasteiger charge is 2.09. The summed E-state index contributed by atoms with van der Waals surface area (Å²) in [5, 5.41) is 3.53. The Kier molecular flexibility index (Phi) is 7.53. The predicted molar refractivity (Wildman–Crippen MR) is 79.7 cm³/mol. The number of benzene rings is 1. The first-order valence-corrected chi connectivity index (χ1v) is 7.23. The topological polar surface area (TPSA) is 30.5 Å². The highest BCUT2D eigenvalue weighted by molar-refractivity contribution is 5.29. The number of nitrogens with one attached hydrogen (secondary N) is 1. The number of ether oxygens (including phenoxy) is 2. The third kappa shape index (κ3) is 6.08. The molecule has 0 aliphatic rings. The van der Waals surface area contributed by atoms with Crippen LogP contribution in [0.25, 0.3) is 0 Å². The summed E-state index contributed by atoms with van der Waals surface area (Å²) in [5.41, 5.74) is 1.27. The first-order valence-electron chi connectivity index (χ1n) is 7.23. The second-order valence-electron chi connectivity index (χ2n) is 4.87. The van der Waals surface area contributed by atoms with Crippen molar-refractivity contribution < 1.29 is 9.47 Å². The molecule has 0 amide bonds. The van der Waals surface area contributed by atoms with Gasteiger partial charge in [0.25, 0.3) is 0 Å². The van der Waals surface area contributed by atoms with Gasteiger partial charge in [-0.15, -0.1) is 0 Å². The molecule has 3 heteroatoms. The molecule has 0 heterocycles. The molecule has 19 heavy (non-hydrogen) atoms. The van der Waals surface area contributed by atoms with Crippen LogP contribution >= 0.6 is 0 Å². The molecule has 1 N–H and O–H groups in total. The van der Waals surface area contributed by atoms with Gasteiger partial charge in [-0.25, -0.2) is 0 Å². The van der Waals surface area contributed by atoms with Gasteiger partial charge in [0.1, 0.15) is 5.75 Å². The second-order valence-corrected chi connectivity index (χ2v) is 4.87. The zero-order valence-electron chi connectivity index (χ0n) is 12.6. The number of rotatable bonds is 9. The van der Waals surface area contributed by atoms with Gasteiger partial charge >= 0.3 is 0 Å². The molecule has 0 aromatic heterocycles. The minimum atomic E-state index is 0.315. The van der Waals surface area contributed by atoms with E-state index >= 15 is 0 Å².